The molecule has 1 amide bonds. The van der Waals surface area contributed by atoms with E-state index in [1.807, 2.05) is 21.0 Å². The van der Waals surface area contributed by atoms with E-state index >= 15 is 0 Å². The average molecular weight is 310 g/mol. The van der Waals surface area contributed by atoms with E-state index in [0.717, 1.165) is 54.7 Å². The van der Waals surface area contributed by atoms with Crippen molar-refractivity contribution < 1.29 is 4.79 Å². The Balaban J connectivity index is 1.84. The molecule has 6 heteroatoms. The van der Waals surface area contributed by atoms with Gasteiger partial charge < -0.3 is 10.2 Å². The normalized spacial score (nSPS) is 15.8. The molecule has 2 rings (SSSR count). The Labute approximate surface area is 131 Å². The lowest BCUT2D eigenvalue weighted by atomic mass is 10.3. The fourth-order valence-corrected chi connectivity index (χ4v) is 3.56. The molecule has 0 saturated carbocycles. The van der Waals surface area contributed by atoms with Crippen molar-refractivity contribution in [2.45, 2.75) is 32.7 Å². The van der Waals surface area contributed by atoms with Gasteiger partial charge in [0.05, 0.1) is 12.2 Å². The Hall–Kier alpha value is -0.980. The fourth-order valence-electron chi connectivity index (χ4n) is 2.54. The molecule has 2 heterocycles. The van der Waals surface area contributed by atoms with E-state index in [2.05, 4.69) is 20.1 Å². The minimum atomic E-state index is 0.0245. The highest BCUT2D eigenvalue weighted by molar-refractivity contribution is 7.13. The average Bonchev–Trinajstić information content (AvgIpc) is 3.04. The molecule has 21 heavy (non-hydrogen) atoms. The molecule has 0 aromatic carbocycles. The molecule has 118 valence electrons. The molecule has 0 aliphatic carbocycles. The summed E-state index contributed by atoms with van der Waals surface area (Å²) in [5.41, 5.74) is 0.860. The molecule has 0 unspecified atom stereocenters. The standard InChI is InChI=1S/C15H26N4OS/c1-12-14(15(20)16-7-6-8-18(2)3)21-13(17-12)11-19-9-4-5-10-19/h4-11H2,1-3H3,(H,16,20). The van der Waals surface area contributed by atoms with Gasteiger partial charge in [0.2, 0.25) is 0 Å². The van der Waals surface area contributed by atoms with Crippen molar-refractivity contribution in [2.24, 2.45) is 0 Å². The third-order valence-corrected chi connectivity index (χ3v) is 4.81. The Bertz CT molecular complexity index is 466. The lowest BCUT2D eigenvalue weighted by Crippen LogP contribution is -2.26. The Morgan fingerprint density at radius 1 is 1.38 bits per heavy atom. The van der Waals surface area contributed by atoms with Crippen LogP contribution in [-0.4, -0.2) is 61.0 Å². The van der Waals surface area contributed by atoms with Crippen LogP contribution in [0.2, 0.25) is 0 Å². The van der Waals surface area contributed by atoms with Gasteiger partial charge in [0, 0.05) is 6.54 Å². The maximum absolute atomic E-state index is 12.2. The van der Waals surface area contributed by atoms with Gasteiger partial charge in [0.25, 0.3) is 5.91 Å². The van der Waals surface area contributed by atoms with E-state index in [1.54, 1.807) is 11.3 Å². The van der Waals surface area contributed by atoms with Crippen molar-refractivity contribution >= 4 is 17.2 Å². The van der Waals surface area contributed by atoms with Gasteiger partial charge in [-0.25, -0.2) is 4.98 Å². The van der Waals surface area contributed by atoms with E-state index in [9.17, 15) is 4.79 Å². The zero-order chi connectivity index (χ0) is 15.2. The molecule has 1 saturated heterocycles. The summed E-state index contributed by atoms with van der Waals surface area (Å²) in [6.07, 6.45) is 3.53. The molecule has 1 aliphatic rings. The molecule has 0 spiro atoms. The van der Waals surface area contributed by atoms with E-state index in [0.29, 0.717) is 0 Å². The topological polar surface area (TPSA) is 48.5 Å². The summed E-state index contributed by atoms with van der Waals surface area (Å²) in [5, 5.41) is 4.06. The van der Waals surface area contributed by atoms with Crippen LogP contribution < -0.4 is 5.32 Å². The SMILES string of the molecule is Cc1nc(CN2CCCC2)sc1C(=O)NCCCN(C)C. The van der Waals surface area contributed by atoms with Crippen molar-refractivity contribution in [3.05, 3.63) is 15.6 Å². The number of aromatic nitrogens is 1. The molecular formula is C15H26N4OS. The van der Waals surface area contributed by atoms with E-state index < -0.39 is 0 Å². The van der Waals surface area contributed by atoms with Gasteiger partial charge in [-0.15, -0.1) is 11.3 Å². The van der Waals surface area contributed by atoms with E-state index in [-0.39, 0.29) is 5.91 Å². The second kappa shape index (κ2) is 7.87. The highest BCUT2D eigenvalue weighted by Gasteiger charge is 2.18. The van der Waals surface area contributed by atoms with Crippen LogP contribution >= 0.6 is 11.3 Å². The summed E-state index contributed by atoms with van der Waals surface area (Å²) in [6.45, 7) is 6.84. The fraction of sp³-hybridized carbons (Fsp3) is 0.733. The molecule has 5 nitrogen and oxygen atoms in total. The largest absolute Gasteiger partial charge is 0.351 e. The summed E-state index contributed by atoms with van der Waals surface area (Å²) in [6, 6.07) is 0. The molecule has 1 aromatic heterocycles. The first-order valence-corrected chi connectivity index (χ1v) is 8.49. The molecular weight excluding hydrogens is 284 g/mol. The number of hydrogen-bond donors (Lipinski definition) is 1. The van der Waals surface area contributed by atoms with E-state index in [4.69, 9.17) is 0 Å². The van der Waals surface area contributed by atoms with Crippen molar-refractivity contribution in [1.29, 1.82) is 0 Å². The summed E-state index contributed by atoms with van der Waals surface area (Å²) in [7, 11) is 4.08. The molecule has 1 N–H and O–H groups in total. The van der Waals surface area contributed by atoms with Crippen LogP contribution in [-0.2, 0) is 6.54 Å². The van der Waals surface area contributed by atoms with Crippen molar-refractivity contribution in [2.75, 3.05) is 40.3 Å². The lowest BCUT2D eigenvalue weighted by molar-refractivity contribution is 0.0955. The molecule has 0 radical (unpaired) electrons. The van der Waals surface area contributed by atoms with Crippen LogP contribution in [0.5, 0.6) is 0 Å². The Kier molecular flexibility index (Phi) is 6.14. The first-order valence-electron chi connectivity index (χ1n) is 7.68. The third kappa shape index (κ3) is 5.05. The number of thiazole rings is 1. The number of aryl methyl sites for hydroxylation is 1. The highest BCUT2D eigenvalue weighted by Crippen LogP contribution is 2.21. The van der Waals surface area contributed by atoms with Gasteiger partial charge in [-0.05, 0) is 59.9 Å². The number of nitrogens with one attached hydrogen (secondary N) is 1. The van der Waals surface area contributed by atoms with Crippen LogP contribution in [0, 0.1) is 6.92 Å². The van der Waals surface area contributed by atoms with Crippen LogP contribution in [0.3, 0.4) is 0 Å². The number of hydrogen-bond acceptors (Lipinski definition) is 5. The second-order valence-electron chi connectivity index (χ2n) is 5.92. The van der Waals surface area contributed by atoms with E-state index in [1.165, 1.54) is 12.8 Å². The summed E-state index contributed by atoms with van der Waals surface area (Å²) < 4.78 is 0. The lowest BCUT2D eigenvalue weighted by Gasteiger charge is -2.11. The Morgan fingerprint density at radius 2 is 2.10 bits per heavy atom. The molecule has 1 fully saturated rings. The summed E-state index contributed by atoms with van der Waals surface area (Å²) in [4.78, 5) is 22.1. The minimum Gasteiger partial charge on any atom is -0.351 e. The zero-order valence-corrected chi connectivity index (χ0v) is 14.1. The van der Waals surface area contributed by atoms with Gasteiger partial charge in [-0.1, -0.05) is 0 Å². The molecule has 1 aliphatic heterocycles. The molecule has 0 atom stereocenters. The first kappa shape index (κ1) is 16.4. The summed E-state index contributed by atoms with van der Waals surface area (Å²) >= 11 is 1.54. The third-order valence-electron chi connectivity index (χ3n) is 3.67. The predicted octanol–water partition coefficient (Wildman–Crippen LogP) is 1.73. The minimum absolute atomic E-state index is 0.0245. The van der Waals surface area contributed by atoms with Gasteiger partial charge in [-0.2, -0.15) is 0 Å². The van der Waals surface area contributed by atoms with Crippen LogP contribution in [0.15, 0.2) is 0 Å². The smallest absolute Gasteiger partial charge is 0.263 e. The van der Waals surface area contributed by atoms with Crippen molar-refractivity contribution in [3.8, 4) is 0 Å². The van der Waals surface area contributed by atoms with Gasteiger partial charge in [0.15, 0.2) is 0 Å². The monoisotopic (exact) mass is 310 g/mol. The highest BCUT2D eigenvalue weighted by atomic mass is 32.1. The maximum Gasteiger partial charge on any atom is 0.263 e. The molecule has 1 aromatic rings. The Morgan fingerprint density at radius 3 is 2.76 bits per heavy atom. The number of likely N-dealkylation sites (tertiary alicyclic amines) is 1. The van der Waals surface area contributed by atoms with Crippen molar-refractivity contribution in [3.63, 3.8) is 0 Å². The van der Waals surface area contributed by atoms with Crippen molar-refractivity contribution in [1.82, 2.24) is 20.1 Å². The first-order chi connectivity index (χ1) is 10.1. The van der Waals surface area contributed by atoms with Crippen LogP contribution in [0.25, 0.3) is 0 Å². The van der Waals surface area contributed by atoms with Crippen LogP contribution in [0.1, 0.15) is 39.6 Å². The zero-order valence-electron chi connectivity index (χ0n) is 13.3. The maximum atomic E-state index is 12.2. The number of rotatable bonds is 7. The number of carbonyl (C=O) groups is 1. The van der Waals surface area contributed by atoms with Gasteiger partial charge >= 0.3 is 0 Å². The molecule has 0 bridgehead atoms. The predicted molar refractivity (Wildman–Crippen MR) is 86.9 cm³/mol. The van der Waals surface area contributed by atoms with Gasteiger partial charge in [0.1, 0.15) is 9.88 Å². The van der Waals surface area contributed by atoms with Crippen LogP contribution in [0.4, 0.5) is 0 Å². The summed E-state index contributed by atoms with van der Waals surface area (Å²) in [5.74, 6) is 0.0245. The van der Waals surface area contributed by atoms with Gasteiger partial charge in [-0.3, -0.25) is 9.69 Å². The number of carbonyl (C=O) groups excluding carboxylic acids is 1. The number of amides is 1. The number of nitrogens with zero attached hydrogens (tertiary/aromatic N) is 3. The second-order valence-corrected chi connectivity index (χ2v) is 7.00. The quantitative estimate of drug-likeness (QED) is 0.779.